The van der Waals surface area contributed by atoms with Gasteiger partial charge in [-0.25, -0.2) is 8.42 Å². The summed E-state index contributed by atoms with van der Waals surface area (Å²) >= 11 is 5.87. The molecule has 2 aliphatic heterocycles. The molecule has 118 valence electrons. The second-order valence-electron chi connectivity index (χ2n) is 5.50. The van der Waals surface area contributed by atoms with Gasteiger partial charge in [-0.2, -0.15) is 17.0 Å². The van der Waals surface area contributed by atoms with Gasteiger partial charge in [0, 0.05) is 31.6 Å². The maximum absolute atomic E-state index is 12.7. The molecule has 9 heteroatoms. The number of nitrogens with zero attached hydrogens (tertiary/aromatic N) is 2. The lowest BCUT2D eigenvalue weighted by Crippen LogP contribution is -2.53. The van der Waals surface area contributed by atoms with Gasteiger partial charge >= 0.3 is 0 Å². The summed E-state index contributed by atoms with van der Waals surface area (Å²) in [5.74, 6) is 0.259. The van der Waals surface area contributed by atoms with Crippen LogP contribution in [0.15, 0.2) is 0 Å². The number of alkyl halides is 1. The van der Waals surface area contributed by atoms with E-state index in [1.807, 2.05) is 0 Å². The molecule has 0 bridgehead atoms. The largest absolute Gasteiger partial charge is 0.282 e. The summed E-state index contributed by atoms with van der Waals surface area (Å²) in [7, 11) is -5.27. The third kappa shape index (κ3) is 3.30. The third-order valence-corrected chi connectivity index (χ3v) is 8.34. The van der Waals surface area contributed by atoms with E-state index in [2.05, 4.69) is 0 Å². The summed E-state index contributed by atoms with van der Waals surface area (Å²) in [6.45, 7) is 0.462. The van der Waals surface area contributed by atoms with Crippen LogP contribution in [0.4, 0.5) is 0 Å². The van der Waals surface area contributed by atoms with E-state index in [4.69, 9.17) is 11.6 Å². The van der Waals surface area contributed by atoms with E-state index in [1.54, 1.807) is 0 Å². The molecule has 0 aromatic carbocycles. The van der Waals surface area contributed by atoms with E-state index in [0.29, 0.717) is 13.0 Å². The van der Waals surface area contributed by atoms with Crippen molar-refractivity contribution in [1.29, 1.82) is 0 Å². The Morgan fingerprint density at radius 1 is 1.30 bits per heavy atom. The molecule has 20 heavy (non-hydrogen) atoms. The number of hydrogen-bond donors (Lipinski definition) is 0. The first-order valence-electron chi connectivity index (χ1n) is 6.79. The Morgan fingerprint density at radius 2 is 2.00 bits per heavy atom. The minimum atomic E-state index is -3.64. The van der Waals surface area contributed by atoms with Gasteiger partial charge in [0.05, 0.1) is 11.5 Å². The highest BCUT2D eigenvalue weighted by Crippen LogP contribution is 2.26. The van der Waals surface area contributed by atoms with Crippen LogP contribution in [0.1, 0.15) is 25.7 Å². The molecular formula is C11H21ClN2O4S2. The second-order valence-corrected chi connectivity index (χ2v) is 9.97. The van der Waals surface area contributed by atoms with Gasteiger partial charge in [0.2, 0.25) is 0 Å². The monoisotopic (exact) mass is 344 g/mol. The molecule has 0 aromatic heterocycles. The molecule has 2 atom stereocenters. The molecular weight excluding hydrogens is 324 g/mol. The van der Waals surface area contributed by atoms with Crippen molar-refractivity contribution in [2.45, 2.75) is 37.8 Å². The van der Waals surface area contributed by atoms with Gasteiger partial charge in [0.1, 0.15) is 0 Å². The SMILES string of the molecule is CN(C1CCS(=O)(=O)C1)S(=O)(=O)N1CCCCC1CCl. The molecule has 2 saturated heterocycles. The third-order valence-electron chi connectivity index (χ3n) is 4.13. The first-order chi connectivity index (χ1) is 9.28. The summed E-state index contributed by atoms with van der Waals surface area (Å²) in [6, 6.07) is -0.640. The fraction of sp³-hybridized carbons (Fsp3) is 1.00. The van der Waals surface area contributed by atoms with Gasteiger partial charge in [-0.15, -0.1) is 11.6 Å². The number of piperidine rings is 1. The molecule has 0 saturated carbocycles. The Balaban J connectivity index is 2.17. The zero-order valence-electron chi connectivity index (χ0n) is 11.5. The van der Waals surface area contributed by atoms with Crippen LogP contribution in [0.25, 0.3) is 0 Å². The first kappa shape index (κ1) is 16.5. The van der Waals surface area contributed by atoms with E-state index in [-0.39, 0.29) is 23.4 Å². The van der Waals surface area contributed by atoms with Crippen LogP contribution >= 0.6 is 11.6 Å². The van der Waals surface area contributed by atoms with Crippen molar-refractivity contribution in [3.8, 4) is 0 Å². The fourth-order valence-corrected chi connectivity index (χ4v) is 6.92. The summed E-state index contributed by atoms with van der Waals surface area (Å²) in [5, 5.41) is 0. The minimum Gasteiger partial charge on any atom is -0.229 e. The van der Waals surface area contributed by atoms with Crippen molar-refractivity contribution in [1.82, 2.24) is 8.61 Å². The molecule has 2 unspecified atom stereocenters. The number of rotatable bonds is 4. The van der Waals surface area contributed by atoms with Crippen LogP contribution in [0.2, 0.25) is 0 Å². The molecule has 0 spiro atoms. The molecule has 2 fully saturated rings. The van der Waals surface area contributed by atoms with Crippen molar-refractivity contribution in [2.75, 3.05) is 31.0 Å². The Labute approximate surface area is 126 Å². The highest BCUT2D eigenvalue weighted by atomic mass is 35.5. The van der Waals surface area contributed by atoms with Gasteiger partial charge in [-0.3, -0.25) is 0 Å². The molecule has 2 aliphatic rings. The van der Waals surface area contributed by atoms with Crippen molar-refractivity contribution in [3.05, 3.63) is 0 Å². The van der Waals surface area contributed by atoms with E-state index in [0.717, 1.165) is 19.3 Å². The zero-order valence-corrected chi connectivity index (χ0v) is 13.9. The highest BCUT2D eigenvalue weighted by molar-refractivity contribution is 7.91. The Bertz CT molecular complexity index is 549. The normalized spacial score (nSPS) is 31.8. The topological polar surface area (TPSA) is 74.8 Å². The Kier molecular flexibility index (Phi) is 5.01. The van der Waals surface area contributed by atoms with E-state index in [9.17, 15) is 16.8 Å². The zero-order chi connectivity index (χ0) is 15.0. The molecule has 0 aliphatic carbocycles. The first-order valence-corrected chi connectivity index (χ1v) is 10.5. The summed E-state index contributed by atoms with van der Waals surface area (Å²) < 4.78 is 51.0. The lowest BCUT2D eigenvalue weighted by Gasteiger charge is -2.37. The summed E-state index contributed by atoms with van der Waals surface area (Å²) in [6.07, 6.45) is 2.94. The quantitative estimate of drug-likeness (QED) is 0.694. The van der Waals surface area contributed by atoms with E-state index in [1.165, 1.54) is 15.7 Å². The van der Waals surface area contributed by atoms with E-state index >= 15 is 0 Å². The molecule has 0 N–H and O–H groups in total. The number of sulfone groups is 1. The molecule has 6 nitrogen and oxygen atoms in total. The smallest absolute Gasteiger partial charge is 0.229 e. The molecule has 0 aromatic rings. The van der Waals surface area contributed by atoms with Gasteiger partial charge in [-0.05, 0) is 19.3 Å². The van der Waals surface area contributed by atoms with Crippen LogP contribution < -0.4 is 0 Å². The highest BCUT2D eigenvalue weighted by Gasteiger charge is 2.41. The van der Waals surface area contributed by atoms with E-state index < -0.39 is 26.1 Å². The predicted molar refractivity (Wildman–Crippen MR) is 78.8 cm³/mol. The average Bonchev–Trinajstić information content (AvgIpc) is 2.78. The second kappa shape index (κ2) is 6.08. The van der Waals surface area contributed by atoms with Crippen LogP contribution in [-0.4, -0.2) is 68.5 Å². The van der Waals surface area contributed by atoms with Gasteiger partial charge in [-0.1, -0.05) is 6.42 Å². The molecule has 0 amide bonds. The fourth-order valence-electron chi connectivity index (χ4n) is 2.85. The minimum absolute atomic E-state index is 0.0659. The number of hydrogen-bond acceptors (Lipinski definition) is 4. The van der Waals surface area contributed by atoms with Gasteiger partial charge in [0.25, 0.3) is 10.2 Å². The number of halogens is 1. The Hall–Kier alpha value is 0.110. The molecule has 2 heterocycles. The van der Waals surface area contributed by atoms with Crippen LogP contribution in [0, 0.1) is 0 Å². The van der Waals surface area contributed by atoms with Crippen LogP contribution in [0.3, 0.4) is 0 Å². The van der Waals surface area contributed by atoms with Crippen LogP contribution in [0.5, 0.6) is 0 Å². The Morgan fingerprint density at radius 3 is 2.55 bits per heavy atom. The van der Waals surface area contributed by atoms with Crippen molar-refractivity contribution >= 4 is 31.6 Å². The van der Waals surface area contributed by atoms with Gasteiger partial charge < -0.3 is 0 Å². The predicted octanol–water partition coefficient (Wildman–Crippen LogP) is 0.443. The summed E-state index contributed by atoms with van der Waals surface area (Å²) in [5.41, 5.74) is 0. The maximum Gasteiger partial charge on any atom is 0.282 e. The average molecular weight is 345 g/mol. The van der Waals surface area contributed by atoms with Crippen molar-refractivity contribution < 1.29 is 16.8 Å². The maximum atomic E-state index is 12.7. The lowest BCUT2D eigenvalue weighted by atomic mass is 10.1. The standard InChI is InChI=1S/C11H21ClN2O4S2/c1-13(11-5-7-19(15,16)9-11)20(17,18)14-6-3-2-4-10(14)8-12/h10-11H,2-9H2,1H3. The summed E-state index contributed by atoms with van der Waals surface area (Å²) in [4.78, 5) is 0. The van der Waals surface area contributed by atoms with Crippen molar-refractivity contribution in [3.63, 3.8) is 0 Å². The van der Waals surface area contributed by atoms with Gasteiger partial charge in [0.15, 0.2) is 9.84 Å². The molecule has 0 radical (unpaired) electrons. The van der Waals surface area contributed by atoms with Crippen LogP contribution in [-0.2, 0) is 20.0 Å². The lowest BCUT2D eigenvalue weighted by molar-refractivity contribution is 0.244. The molecule has 2 rings (SSSR count). The van der Waals surface area contributed by atoms with Crippen molar-refractivity contribution in [2.24, 2.45) is 0 Å².